The van der Waals surface area contributed by atoms with E-state index >= 15 is 0 Å². The highest BCUT2D eigenvalue weighted by atomic mass is 15.2. The van der Waals surface area contributed by atoms with Gasteiger partial charge in [0.2, 0.25) is 0 Å². The van der Waals surface area contributed by atoms with Gasteiger partial charge >= 0.3 is 0 Å². The number of rotatable bonds is 3. The van der Waals surface area contributed by atoms with E-state index in [-0.39, 0.29) is 0 Å². The Morgan fingerprint density at radius 1 is 1.80 bits per heavy atom. The molecule has 1 unspecified atom stereocenters. The van der Waals surface area contributed by atoms with E-state index in [0.29, 0.717) is 0 Å². The van der Waals surface area contributed by atoms with E-state index in [0.717, 1.165) is 19.1 Å². The van der Waals surface area contributed by atoms with Gasteiger partial charge in [-0.15, -0.1) is 6.58 Å². The van der Waals surface area contributed by atoms with Crippen LogP contribution in [0.5, 0.6) is 0 Å². The van der Waals surface area contributed by atoms with Gasteiger partial charge in [0, 0.05) is 19.1 Å². The van der Waals surface area contributed by atoms with Crippen LogP contribution in [0.2, 0.25) is 0 Å². The van der Waals surface area contributed by atoms with Gasteiger partial charge in [-0.05, 0) is 20.0 Å². The molecule has 1 N–H and O–H groups in total. The molecule has 10 heavy (non-hydrogen) atoms. The zero-order chi connectivity index (χ0) is 7.40. The van der Waals surface area contributed by atoms with E-state index < -0.39 is 0 Å². The molecule has 1 saturated heterocycles. The van der Waals surface area contributed by atoms with Gasteiger partial charge in [-0.25, -0.2) is 0 Å². The summed E-state index contributed by atoms with van der Waals surface area (Å²) in [5.41, 5.74) is 0. The molecule has 2 heteroatoms. The largest absolute Gasteiger partial charge is 0.315 e. The van der Waals surface area contributed by atoms with Gasteiger partial charge in [0.05, 0.1) is 0 Å². The van der Waals surface area contributed by atoms with Crippen molar-refractivity contribution in [2.45, 2.75) is 12.5 Å². The molecule has 0 aromatic rings. The molecular weight excluding hydrogens is 124 g/mol. The van der Waals surface area contributed by atoms with Crippen LogP contribution in [0, 0.1) is 0 Å². The van der Waals surface area contributed by atoms with Crippen molar-refractivity contribution in [3.63, 3.8) is 0 Å². The number of nitrogens with zero attached hydrogens (tertiary/aromatic N) is 1. The number of hydrogen-bond acceptors (Lipinski definition) is 2. The van der Waals surface area contributed by atoms with Gasteiger partial charge in [-0.2, -0.15) is 0 Å². The molecule has 0 spiro atoms. The van der Waals surface area contributed by atoms with Gasteiger partial charge in [-0.1, -0.05) is 6.08 Å². The highest BCUT2D eigenvalue weighted by molar-refractivity contribution is 4.82. The van der Waals surface area contributed by atoms with Crippen LogP contribution >= 0.6 is 0 Å². The van der Waals surface area contributed by atoms with Crippen molar-refractivity contribution < 1.29 is 0 Å². The van der Waals surface area contributed by atoms with E-state index in [1.165, 1.54) is 13.0 Å². The quantitative estimate of drug-likeness (QED) is 0.573. The highest BCUT2D eigenvalue weighted by Gasteiger charge is 2.17. The lowest BCUT2D eigenvalue weighted by Crippen LogP contribution is -2.33. The molecule has 0 aliphatic carbocycles. The van der Waals surface area contributed by atoms with Crippen LogP contribution in [0.25, 0.3) is 0 Å². The summed E-state index contributed by atoms with van der Waals surface area (Å²) >= 11 is 0. The van der Waals surface area contributed by atoms with Crippen molar-refractivity contribution in [1.29, 1.82) is 0 Å². The Kier molecular flexibility index (Phi) is 2.90. The molecule has 58 valence electrons. The van der Waals surface area contributed by atoms with Gasteiger partial charge in [-0.3, -0.25) is 4.90 Å². The van der Waals surface area contributed by atoms with Gasteiger partial charge in [0.25, 0.3) is 0 Å². The van der Waals surface area contributed by atoms with E-state index in [1.807, 2.05) is 6.08 Å². The Balaban J connectivity index is 2.24. The Morgan fingerprint density at radius 3 is 3.10 bits per heavy atom. The second-order valence-corrected chi connectivity index (χ2v) is 2.87. The fourth-order valence-electron chi connectivity index (χ4n) is 1.37. The lowest BCUT2D eigenvalue weighted by Gasteiger charge is -2.21. The second kappa shape index (κ2) is 3.74. The first-order valence-corrected chi connectivity index (χ1v) is 3.86. The van der Waals surface area contributed by atoms with Crippen LogP contribution in [0.1, 0.15) is 6.42 Å². The summed E-state index contributed by atoms with van der Waals surface area (Å²) < 4.78 is 0. The summed E-state index contributed by atoms with van der Waals surface area (Å²) in [6, 6.07) is 0.734. The first-order valence-electron chi connectivity index (χ1n) is 3.86. The minimum atomic E-state index is 0.734. The monoisotopic (exact) mass is 140 g/mol. The minimum absolute atomic E-state index is 0.734. The molecule has 1 rings (SSSR count). The summed E-state index contributed by atoms with van der Waals surface area (Å²) in [7, 11) is 2.15. The van der Waals surface area contributed by atoms with Crippen molar-refractivity contribution in [1.82, 2.24) is 10.2 Å². The lowest BCUT2D eigenvalue weighted by molar-refractivity contribution is 0.284. The molecule has 0 radical (unpaired) electrons. The van der Waals surface area contributed by atoms with Crippen molar-refractivity contribution in [3.05, 3.63) is 12.7 Å². The van der Waals surface area contributed by atoms with Crippen LogP contribution in [0.3, 0.4) is 0 Å². The summed E-state index contributed by atoms with van der Waals surface area (Å²) in [6.45, 7) is 7.03. The first kappa shape index (κ1) is 7.76. The van der Waals surface area contributed by atoms with Gasteiger partial charge < -0.3 is 5.32 Å². The van der Waals surface area contributed by atoms with Crippen molar-refractivity contribution in [2.75, 3.05) is 26.7 Å². The van der Waals surface area contributed by atoms with E-state index in [9.17, 15) is 0 Å². The fraction of sp³-hybridized carbons (Fsp3) is 0.750. The third-order valence-corrected chi connectivity index (χ3v) is 2.07. The molecule has 1 aliphatic heterocycles. The molecule has 1 heterocycles. The summed E-state index contributed by atoms with van der Waals surface area (Å²) in [5, 5.41) is 3.34. The Labute approximate surface area is 62.9 Å². The van der Waals surface area contributed by atoms with Gasteiger partial charge in [0.1, 0.15) is 0 Å². The summed E-state index contributed by atoms with van der Waals surface area (Å²) in [4.78, 5) is 2.34. The number of nitrogens with one attached hydrogen (secondary N) is 1. The maximum atomic E-state index is 3.71. The molecule has 0 amide bonds. The molecule has 2 nitrogen and oxygen atoms in total. The fourth-order valence-corrected chi connectivity index (χ4v) is 1.37. The zero-order valence-corrected chi connectivity index (χ0v) is 6.64. The maximum Gasteiger partial charge on any atom is 0.0232 e. The summed E-state index contributed by atoms with van der Waals surface area (Å²) in [5.74, 6) is 0. The van der Waals surface area contributed by atoms with Crippen LogP contribution < -0.4 is 5.32 Å². The van der Waals surface area contributed by atoms with Crippen LogP contribution in [-0.4, -0.2) is 37.6 Å². The van der Waals surface area contributed by atoms with Crippen LogP contribution in [0.15, 0.2) is 12.7 Å². The predicted molar refractivity (Wildman–Crippen MR) is 44.1 cm³/mol. The molecular formula is C8H16N2. The van der Waals surface area contributed by atoms with E-state index in [2.05, 4.69) is 23.8 Å². The average molecular weight is 140 g/mol. The molecule has 1 atom stereocenters. The number of hydrogen-bond donors (Lipinski definition) is 1. The van der Waals surface area contributed by atoms with Crippen LogP contribution in [0.4, 0.5) is 0 Å². The molecule has 1 fully saturated rings. The molecule has 0 saturated carbocycles. The third kappa shape index (κ3) is 1.82. The van der Waals surface area contributed by atoms with Crippen LogP contribution in [-0.2, 0) is 0 Å². The third-order valence-electron chi connectivity index (χ3n) is 2.07. The molecule has 0 aromatic heterocycles. The molecule has 0 aromatic carbocycles. The highest BCUT2D eigenvalue weighted by Crippen LogP contribution is 2.04. The van der Waals surface area contributed by atoms with E-state index in [1.54, 1.807) is 0 Å². The normalized spacial score (nSPS) is 25.6. The first-order chi connectivity index (χ1) is 4.84. The molecule has 0 bridgehead atoms. The topological polar surface area (TPSA) is 15.3 Å². The molecule has 1 aliphatic rings. The smallest absolute Gasteiger partial charge is 0.0232 e. The second-order valence-electron chi connectivity index (χ2n) is 2.87. The maximum absolute atomic E-state index is 3.71. The van der Waals surface area contributed by atoms with Gasteiger partial charge in [0.15, 0.2) is 0 Å². The zero-order valence-electron chi connectivity index (χ0n) is 6.64. The standard InChI is InChI=1S/C8H16N2/c1-3-6-10(2)8-4-5-9-7-8/h3,8-9H,1,4-7H2,2H3. The van der Waals surface area contributed by atoms with Crippen molar-refractivity contribution in [2.24, 2.45) is 0 Å². The van der Waals surface area contributed by atoms with Crippen molar-refractivity contribution in [3.8, 4) is 0 Å². The Hall–Kier alpha value is -0.340. The number of likely N-dealkylation sites (N-methyl/N-ethyl adjacent to an activating group) is 1. The van der Waals surface area contributed by atoms with E-state index in [4.69, 9.17) is 0 Å². The Morgan fingerprint density at radius 2 is 2.60 bits per heavy atom. The minimum Gasteiger partial charge on any atom is -0.315 e. The lowest BCUT2D eigenvalue weighted by atomic mass is 10.2. The average Bonchev–Trinajstić information content (AvgIpc) is 2.38. The van der Waals surface area contributed by atoms with Crippen molar-refractivity contribution >= 4 is 0 Å². The predicted octanol–water partition coefficient (Wildman–Crippen LogP) is 0.466. The Bertz CT molecular complexity index is 106. The SMILES string of the molecule is C=CCN(C)C1CCNC1. The summed E-state index contributed by atoms with van der Waals surface area (Å²) in [6.07, 6.45) is 3.24.